The average molecular weight is 244 g/mol. The molecule has 0 bridgehead atoms. The molecule has 0 saturated heterocycles. The first-order valence-electron chi connectivity index (χ1n) is 6.55. The first-order valence-corrected chi connectivity index (χ1v) is 6.55. The Kier molecular flexibility index (Phi) is 4.40. The van der Waals surface area contributed by atoms with Crippen LogP contribution < -0.4 is 10.6 Å². The molecular formula is C15H20N2O. The van der Waals surface area contributed by atoms with Gasteiger partial charge in [0.15, 0.2) is 0 Å². The standard InChI is InChI=1S/C15H20N2O/c1-2-11-16-15(18)12-7-9-14(10-8-12)17-13-5-3-4-6-13/h2,7-10,13,17H,1,3-6,11H2,(H,16,18). The summed E-state index contributed by atoms with van der Waals surface area (Å²) >= 11 is 0. The predicted octanol–water partition coefficient (Wildman–Crippen LogP) is 2.96. The minimum Gasteiger partial charge on any atom is -0.382 e. The third kappa shape index (κ3) is 3.36. The zero-order valence-corrected chi connectivity index (χ0v) is 10.6. The molecule has 1 aliphatic rings. The van der Waals surface area contributed by atoms with Crippen LogP contribution in [0.1, 0.15) is 36.0 Å². The topological polar surface area (TPSA) is 41.1 Å². The van der Waals surface area contributed by atoms with Gasteiger partial charge >= 0.3 is 0 Å². The molecule has 2 rings (SSSR count). The van der Waals surface area contributed by atoms with E-state index in [2.05, 4.69) is 17.2 Å². The van der Waals surface area contributed by atoms with Gasteiger partial charge in [0.1, 0.15) is 0 Å². The highest BCUT2D eigenvalue weighted by molar-refractivity contribution is 5.94. The molecule has 1 aromatic rings. The van der Waals surface area contributed by atoms with E-state index in [-0.39, 0.29) is 5.91 Å². The van der Waals surface area contributed by atoms with Crippen LogP contribution in [-0.2, 0) is 0 Å². The molecule has 3 nitrogen and oxygen atoms in total. The first-order chi connectivity index (χ1) is 8.79. The molecule has 1 amide bonds. The van der Waals surface area contributed by atoms with Crippen molar-refractivity contribution < 1.29 is 4.79 Å². The molecule has 0 spiro atoms. The van der Waals surface area contributed by atoms with Crippen molar-refractivity contribution in [2.45, 2.75) is 31.7 Å². The van der Waals surface area contributed by atoms with E-state index in [0.717, 1.165) is 5.69 Å². The number of anilines is 1. The van der Waals surface area contributed by atoms with Gasteiger partial charge in [-0.1, -0.05) is 18.9 Å². The number of carbonyl (C=O) groups excluding carboxylic acids is 1. The van der Waals surface area contributed by atoms with Crippen molar-refractivity contribution in [3.8, 4) is 0 Å². The lowest BCUT2D eigenvalue weighted by Gasteiger charge is -2.13. The van der Waals surface area contributed by atoms with Gasteiger partial charge < -0.3 is 10.6 Å². The molecule has 18 heavy (non-hydrogen) atoms. The van der Waals surface area contributed by atoms with Crippen molar-refractivity contribution in [3.05, 3.63) is 42.5 Å². The maximum atomic E-state index is 11.7. The van der Waals surface area contributed by atoms with Gasteiger partial charge in [-0.15, -0.1) is 6.58 Å². The van der Waals surface area contributed by atoms with Gasteiger partial charge in [0.05, 0.1) is 0 Å². The smallest absolute Gasteiger partial charge is 0.251 e. The highest BCUT2D eigenvalue weighted by Gasteiger charge is 2.14. The summed E-state index contributed by atoms with van der Waals surface area (Å²) in [7, 11) is 0. The number of rotatable bonds is 5. The second-order valence-electron chi connectivity index (χ2n) is 4.70. The fourth-order valence-electron chi connectivity index (χ4n) is 2.29. The summed E-state index contributed by atoms with van der Waals surface area (Å²) in [5, 5.41) is 6.27. The number of carbonyl (C=O) groups is 1. The van der Waals surface area contributed by atoms with Crippen LogP contribution in [0.15, 0.2) is 36.9 Å². The van der Waals surface area contributed by atoms with Gasteiger partial charge in [0.2, 0.25) is 0 Å². The second kappa shape index (κ2) is 6.24. The molecule has 0 aliphatic heterocycles. The van der Waals surface area contributed by atoms with Crippen molar-refractivity contribution >= 4 is 11.6 Å². The van der Waals surface area contributed by atoms with Gasteiger partial charge in [-0.3, -0.25) is 4.79 Å². The largest absolute Gasteiger partial charge is 0.382 e. The van der Waals surface area contributed by atoms with E-state index in [1.54, 1.807) is 6.08 Å². The molecule has 0 heterocycles. The van der Waals surface area contributed by atoms with Crippen LogP contribution in [0, 0.1) is 0 Å². The van der Waals surface area contributed by atoms with Crippen LogP contribution in [0.4, 0.5) is 5.69 Å². The molecule has 0 radical (unpaired) electrons. The number of amides is 1. The van der Waals surface area contributed by atoms with Gasteiger partial charge in [-0.05, 0) is 37.1 Å². The fraction of sp³-hybridized carbons (Fsp3) is 0.400. The summed E-state index contributed by atoms with van der Waals surface area (Å²) in [4.78, 5) is 11.7. The van der Waals surface area contributed by atoms with Gasteiger partial charge in [0, 0.05) is 23.8 Å². The molecule has 96 valence electrons. The van der Waals surface area contributed by atoms with E-state index in [1.807, 2.05) is 24.3 Å². The molecular weight excluding hydrogens is 224 g/mol. The Balaban J connectivity index is 1.91. The Labute approximate surface area is 108 Å². The molecule has 1 aromatic carbocycles. The minimum atomic E-state index is -0.0534. The summed E-state index contributed by atoms with van der Waals surface area (Å²) in [6.45, 7) is 4.07. The van der Waals surface area contributed by atoms with Gasteiger partial charge in [-0.25, -0.2) is 0 Å². The Bertz CT molecular complexity index is 405. The van der Waals surface area contributed by atoms with Crippen LogP contribution in [-0.4, -0.2) is 18.5 Å². The van der Waals surface area contributed by atoms with E-state index < -0.39 is 0 Å². The van der Waals surface area contributed by atoms with Crippen molar-refractivity contribution in [1.29, 1.82) is 0 Å². The number of hydrogen-bond donors (Lipinski definition) is 2. The lowest BCUT2D eigenvalue weighted by Crippen LogP contribution is -2.23. The van der Waals surface area contributed by atoms with E-state index in [9.17, 15) is 4.79 Å². The maximum absolute atomic E-state index is 11.7. The number of benzene rings is 1. The van der Waals surface area contributed by atoms with Gasteiger partial charge in [0.25, 0.3) is 5.91 Å². The quantitative estimate of drug-likeness (QED) is 0.782. The highest BCUT2D eigenvalue weighted by Crippen LogP contribution is 2.22. The molecule has 1 fully saturated rings. The lowest BCUT2D eigenvalue weighted by molar-refractivity contribution is 0.0958. The zero-order chi connectivity index (χ0) is 12.8. The van der Waals surface area contributed by atoms with Crippen LogP contribution in [0.3, 0.4) is 0 Å². The first kappa shape index (κ1) is 12.7. The Morgan fingerprint density at radius 3 is 2.56 bits per heavy atom. The molecule has 0 atom stereocenters. The monoisotopic (exact) mass is 244 g/mol. The van der Waals surface area contributed by atoms with E-state index in [4.69, 9.17) is 0 Å². The third-order valence-electron chi connectivity index (χ3n) is 3.28. The van der Waals surface area contributed by atoms with Crippen molar-refractivity contribution in [2.24, 2.45) is 0 Å². The summed E-state index contributed by atoms with van der Waals surface area (Å²) in [6.07, 6.45) is 6.82. The molecule has 0 aromatic heterocycles. The van der Waals surface area contributed by atoms with E-state index in [0.29, 0.717) is 18.2 Å². The summed E-state index contributed by atoms with van der Waals surface area (Å²) in [5.41, 5.74) is 1.79. The normalized spacial score (nSPS) is 15.3. The Hall–Kier alpha value is -1.77. The summed E-state index contributed by atoms with van der Waals surface area (Å²) in [6, 6.07) is 8.26. The fourth-order valence-corrected chi connectivity index (χ4v) is 2.29. The molecule has 1 aliphatic carbocycles. The molecule has 0 unspecified atom stereocenters. The van der Waals surface area contributed by atoms with E-state index >= 15 is 0 Å². The summed E-state index contributed by atoms with van der Waals surface area (Å²) in [5.74, 6) is -0.0534. The third-order valence-corrected chi connectivity index (χ3v) is 3.28. The zero-order valence-electron chi connectivity index (χ0n) is 10.6. The Morgan fingerprint density at radius 2 is 1.94 bits per heavy atom. The SMILES string of the molecule is C=CCNC(=O)c1ccc(NC2CCCC2)cc1. The van der Waals surface area contributed by atoms with Crippen LogP contribution in [0.5, 0.6) is 0 Å². The average Bonchev–Trinajstić information content (AvgIpc) is 2.89. The molecule has 1 saturated carbocycles. The predicted molar refractivity (Wildman–Crippen MR) is 74.9 cm³/mol. The summed E-state index contributed by atoms with van der Waals surface area (Å²) < 4.78 is 0. The van der Waals surface area contributed by atoms with E-state index in [1.165, 1.54) is 25.7 Å². The van der Waals surface area contributed by atoms with Crippen molar-refractivity contribution in [1.82, 2.24) is 5.32 Å². The van der Waals surface area contributed by atoms with Crippen molar-refractivity contribution in [2.75, 3.05) is 11.9 Å². The lowest BCUT2D eigenvalue weighted by atomic mass is 10.1. The van der Waals surface area contributed by atoms with Gasteiger partial charge in [-0.2, -0.15) is 0 Å². The highest BCUT2D eigenvalue weighted by atomic mass is 16.1. The maximum Gasteiger partial charge on any atom is 0.251 e. The second-order valence-corrected chi connectivity index (χ2v) is 4.70. The Morgan fingerprint density at radius 1 is 1.28 bits per heavy atom. The minimum absolute atomic E-state index is 0.0534. The van der Waals surface area contributed by atoms with Crippen molar-refractivity contribution in [3.63, 3.8) is 0 Å². The van der Waals surface area contributed by atoms with Crippen LogP contribution in [0.2, 0.25) is 0 Å². The molecule has 3 heteroatoms. The van der Waals surface area contributed by atoms with Crippen LogP contribution in [0.25, 0.3) is 0 Å². The van der Waals surface area contributed by atoms with Crippen LogP contribution >= 0.6 is 0 Å². The molecule has 2 N–H and O–H groups in total. The number of hydrogen-bond acceptors (Lipinski definition) is 2. The number of nitrogens with one attached hydrogen (secondary N) is 2.